The van der Waals surface area contributed by atoms with Gasteiger partial charge < -0.3 is 0 Å². The molecule has 0 unspecified atom stereocenters. The third kappa shape index (κ3) is 1.96. The lowest BCUT2D eigenvalue weighted by atomic mass is 10.4. The van der Waals surface area contributed by atoms with E-state index in [2.05, 4.69) is 21.9 Å². The highest BCUT2D eigenvalue weighted by Gasteiger charge is 2.29. The van der Waals surface area contributed by atoms with Crippen LogP contribution in [0.15, 0.2) is 18.8 Å². The number of aromatic nitrogens is 2. The zero-order chi connectivity index (χ0) is 9.97. The van der Waals surface area contributed by atoms with Crippen LogP contribution in [0, 0.1) is 5.92 Å². The summed E-state index contributed by atoms with van der Waals surface area (Å²) >= 11 is 0. The third-order valence-corrected chi connectivity index (χ3v) is 2.07. The van der Waals surface area contributed by atoms with Gasteiger partial charge in [0.15, 0.2) is 0 Å². The van der Waals surface area contributed by atoms with Crippen molar-refractivity contribution in [2.45, 2.75) is 12.8 Å². The zero-order valence-electron chi connectivity index (χ0n) is 7.73. The normalized spacial score (nSPS) is 14.9. The minimum absolute atomic E-state index is 0.0196. The fourth-order valence-corrected chi connectivity index (χ4v) is 1.10. The van der Waals surface area contributed by atoms with E-state index in [9.17, 15) is 4.79 Å². The van der Waals surface area contributed by atoms with E-state index >= 15 is 0 Å². The van der Waals surface area contributed by atoms with Crippen LogP contribution in [0.4, 0.5) is 5.95 Å². The first-order valence-electron chi connectivity index (χ1n) is 4.56. The van der Waals surface area contributed by atoms with Crippen molar-refractivity contribution in [3.8, 4) is 0 Å². The van der Waals surface area contributed by atoms with Crippen LogP contribution in [-0.2, 0) is 4.79 Å². The Morgan fingerprint density at radius 3 is 3.07 bits per heavy atom. The second-order valence-electron chi connectivity index (χ2n) is 3.27. The number of carbonyl (C=O) groups excluding carboxylic acids is 1. The summed E-state index contributed by atoms with van der Waals surface area (Å²) in [7, 11) is 0. The maximum absolute atomic E-state index is 11.4. The maximum Gasteiger partial charge on any atom is 0.229 e. The lowest BCUT2D eigenvalue weighted by molar-refractivity contribution is -0.117. The topological polar surface area (TPSA) is 54.9 Å². The number of hydrogen-bond acceptors (Lipinski definition) is 3. The van der Waals surface area contributed by atoms with Gasteiger partial charge in [-0.05, 0) is 25.0 Å². The molecule has 1 aliphatic carbocycles. The Balaban J connectivity index is 2.07. The van der Waals surface area contributed by atoms with Crippen LogP contribution >= 0.6 is 0 Å². The average Bonchev–Trinajstić information content (AvgIpc) is 3.01. The van der Waals surface area contributed by atoms with Gasteiger partial charge in [0.2, 0.25) is 11.9 Å². The van der Waals surface area contributed by atoms with E-state index in [0.29, 0.717) is 11.6 Å². The molecular weight excluding hydrogens is 178 g/mol. The van der Waals surface area contributed by atoms with Gasteiger partial charge in [-0.3, -0.25) is 10.1 Å². The van der Waals surface area contributed by atoms with E-state index in [-0.39, 0.29) is 11.8 Å². The summed E-state index contributed by atoms with van der Waals surface area (Å²) in [4.78, 5) is 19.4. The Bertz CT molecular complexity index is 371. The van der Waals surface area contributed by atoms with Crippen LogP contribution in [0.25, 0.3) is 6.08 Å². The lowest BCUT2D eigenvalue weighted by Gasteiger charge is -2.01. The molecule has 14 heavy (non-hydrogen) atoms. The van der Waals surface area contributed by atoms with Gasteiger partial charge in [-0.1, -0.05) is 6.58 Å². The van der Waals surface area contributed by atoms with Crippen molar-refractivity contribution in [1.82, 2.24) is 9.97 Å². The van der Waals surface area contributed by atoms with Gasteiger partial charge in [-0.2, -0.15) is 0 Å². The minimum Gasteiger partial charge on any atom is -0.294 e. The van der Waals surface area contributed by atoms with E-state index in [1.54, 1.807) is 18.3 Å². The summed E-state index contributed by atoms with van der Waals surface area (Å²) in [5.41, 5.74) is 0.714. The molecule has 1 N–H and O–H groups in total. The molecule has 1 saturated carbocycles. The summed E-state index contributed by atoms with van der Waals surface area (Å²) in [6.07, 6.45) is 5.18. The van der Waals surface area contributed by atoms with E-state index in [4.69, 9.17) is 0 Å². The molecule has 0 spiro atoms. The number of hydrogen-bond donors (Lipinski definition) is 1. The maximum atomic E-state index is 11.4. The molecule has 4 nitrogen and oxygen atoms in total. The van der Waals surface area contributed by atoms with Crippen LogP contribution in [-0.4, -0.2) is 15.9 Å². The zero-order valence-corrected chi connectivity index (χ0v) is 7.73. The SMILES string of the molecule is C=Cc1ccnc(NC(=O)C2CC2)n1. The molecule has 1 heterocycles. The first-order chi connectivity index (χ1) is 6.79. The van der Waals surface area contributed by atoms with Crippen molar-refractivity contribution >= 4 is 17.9 Å². The van der Waals surface area contributed by atoms with Gasteiger partial charge in [-0.15, -0.1) is 0 Å². The summed E-state index contributed by atoms with van der Waals surface area (Å²) in [6, 6.07) is 1.74. The van der Waals surface area contributed by atoms with Crippen LogP contribution in [0.5, 0.6) is 0 Å². The van der Waals surface area contributed by atoms with Gasteiger partial charge in [0.25, 0.3) is 0 Å². The number of nitrogens with one attached hydrogen (secondary N) is 1. The Labute approximate surface area is 82.1 Å². The van der Waals surface area contributed by atoms with E-state index in [1.807, 2.05) is 0 Å². The van der Waals surface area contributed by atoms with E-state index in [1.165, 1.54) is 0 Å². The summed E-state index contributed by atoms with van der Waals surface area (Å²) in [5.74, 6) is 0.552. The number of nitrogens with zero attached hydrogens (tertiary/aromatic N) is 2. The fourth-order valence-electron chi connectivity index (χ4n) is 1.10. The van der Waals surface area contributed by atoms with Gasteiger partial charge in [0.05, 0.1) is 5.69 Å². The van der Waals surface area contributed by atoms with Crippen molar-refractivity contribution in [2.75, 3.05) is 5.32 Å². The van der Waals surface area contributed by atoms with Crippen LogP contribution in [0.2, 0.25) is 0 Å². The number of amides is 1. The van der Waals surface area contributed by atoms with E-state index < -0.39 is 0 Å². The smallest absolute Gasteiger partial charge is 0.229 e. The molecule has 4 heteroatoms. The predicted octanol–water partition coefficient (Wildman–Crippen LogP) is 1.47. The third-order valence-electron chi connectivity index (χ3n) is 2.07. The highest BCUT2D eigenvalue weighted by molar-refractivity contribution is 5.92. The first-order valence-corrected chi connectivity index (χ1v) is 4.56. The Morgan fingerprint density at radius 2 is 2.43 bits per heavy atom. The molecule has 0 radical (unpaired) electrons. The second kappa shape index (κ2) is 3.57. The second-order valence-corrected chi connectivity index (χ2v) is 3.27. The van der Waals surface area contributed by atoms with Crippen molar-refractivity contribution in [3.63, 3.8) is 0 Å². The van der Waals surface area contributed by atoms with Crippen molar-refractivity contribution in [2.24, 2.45) is 5.92 Å². The molecule has 2 rings (SSSR count). The van der Waals surface area contributed by atoms with Gasteiger partial charge in [0.1, 0.15) is 0 Å². The van der Waals surface area contributed by atoms with Crippen molar-refractivity contribution in [1.29, 1.82) is 0 Å². The number of carbonyl (C=O) groups is 1. The highest BCUT2D eigenvalue weighted by Crippen LogP contribution is 2.29. The monoisotopic (exact) mass is 189 g/mol. The highest BCUT2D eigenvalue weighted by atomic mass is 16.2. The largest absolute Gasteiger partial charge is 0.294 e. The molecule has 0 atom stereocenters. The molecule has 0 bridgehead atoms. The minimum atomic E-state index is 0.0196. The van der Waals surface area contributed by atoms with Crippen LogP contribution < -0.4 is 5.32 Å². The number of anilines is 1. The molecule has 1 aliphatic rings. The molecule has 1 aromatic heterocycles. The predicted molar refractivity (Wildman–Crippen MR) is 53.5 cm³/mol. The molecule has 0 aliphatic heterocycles. The Hall–Kier alpha value is -1.71. The summed E-state index contributed by atoms with van der Waals surface area (Å²) in [6.45, 7) is 3.60. The molecule has 72 valence electrons. The van der Waals surface area contributed by atoms with E-state index in [0.717, 1.165) is 12.8 Å². The van der Waals surface area contributed by atoms with Gasteiger partial charge in [0, 0.05) is 12.1 Å². The van der Waals surface area contributed by atoms with Gasteiger partial charge >= 0.3 is 0 Å². The molecule has 1 aromatic rings. The Kier molecular flexibility index (Phi) is 2.26. The Morgan fingerprint density at radius 1 is 1.64 bits per heavy atom. The first kappa shape index (κ1) is 8.87. The van der Waals surface area contributed by atoms with Crippen molar-refractivity contribution in [3.05, 3.63) is 24.5 Å². The average molecular weight is 189 g/mol. The molecule has 1 amide bonds. The fraction of sp³-hybridized carbons (Fsp3) is 0.300. The number of rotatable bonds is 3. The summed E-state index contributed by atoms with van der Waals surface area (Å²) in [5, 5.41) is 2.67. The molecule has 1 fully saturated rings. The molecule has 0 saturated heterocycles. The lowest BCUT2D eigenvalue weighted by Crippen LogP contribution is -2.15. The van der Waals surface area contributed by atoms with Gasteiger partial charge in [-0.25, -0.2) is 9.97 Å². The van der Waals surface area contributed by atoms with Crippen LogP contribution in [0.3, 0.4) is 0 Å². The summed E-state index contributed by atoms with van der Waals surface area (Å²) < 4.78 is 0. The molecule has 0 aromatic carbocycles. The standard InChI is InChI=1S/C10H11N3O/c1-2-8-5-6-11-10(12-8)13-9(14)7-3-4-7/h2,5-7H,1,3-4H2,(H,11,12,13,14). The van der Waals surface area contributed by atoms with Crippen LogP contribution in [0.1, 0.15) is 18.5 Å². The van der Waals surface area contributed by atoms with Crippen molar-refractivity contribution < 1.29 is 4.79 Å². The molecular formula is C10H11N3O. The quantitative estimate of drug-likeness (QED) is 0.783.